The van der Waals surface area contributed by atoms with Gasteiger partial charge in [-0.1, -0.05) is 6.92 Å². The predicted octanol–water partition coefficient (Wildman–Crippen LogP) is 2.26. The van der Waals surface area contributed by atoms with Crippen molar-refractivity contribution in [3.63, 3.8) is 0 Å². The van der Waals surface area contributed by atoms with Gasteiger partial charge in [0.05, 0.1) is 34.1 Å². The molecular formula is C21H19FN4O5S. The number of carboxylic acids is 1. The zero-order chi connectivity index (χ0) is 23.2. The van der Waals surface area contributed by atoms with Gasteiger partial charge in [-0.3, -0.25) is 9.48 Å². The minimum atomic E-state index is -3.84. The zero-order valence-electron chi connectivity index (χ0n) is 16.9. The van der Waals surface area contributed by atoms with Gasteiger partial charge >= 0.3 is 5.97 Å². The van der Waals surface area contributed by atoms with Gasteiger partial charge in [-0.15, -0.1) is 0 Å². The Bertz CT molecular complexity index is 1360. The summed E-state index contributed by atoms with van der Waals surface area (Å²) in [5.41, 5.74) is 0.259. The SMILES string of the molecule is C[C@@H]1CN(S(=O)(=O)c2ccc(O)cc2)C[C@@H]1n1nc(CC(=O)O)c2cc(C#N)c(F)cc21. The minimum absolute atomic E-state index is 0.0322. The first kappa shape index (κ1) is 21.7. The second-order valence-electron chi connectivity index (χ2n) is 7.78. The van der Waals surface area contributed by atoms with E-state index in [4.69, 9.17) is 5.26 Å². The summed E-state index contributed by atoms with van der Waals surface area (Å²) in [6, 6.07) is 8.89. The van der Waals surface area contributed by atoms with Crippen molar-refractivity contribution in [2.24, 2.45) is 5.92 Å². The molecule has 11 heteroatoms. The van der Waals surface area contributed by atoms with Crippen LogP contribution in [0.15, 0.2) is 41.3 Å². The number of nitrogens with zero attached hydrogens (tertiary/aromatic N) is 4. The molecule has 1 fully saturated rings. The Hall–Kier alpha value is -3.49. The van der Waals surface area contributed by atoms with Crippen LogP contribution >= 0.6 is 0 Å². The Kier molecular flexibility index (Phi) is 5.36. The van der Waals surface area contributed by atoms with Crippen molar-refractivity contribution >= 4 is 26.9 Å². The van der Waals surface area contributed by atoms with Crippen LogP contribution in [0.2, 0.25) is 0 Å². The van der Waals surface area contributed by atoms with Crippen LogP contribution in [-0.4, -0.2) is 51.8 Å². The number of sulfonamides is 1. The third kappa shape index (κ3) is 3.68. The maximum absolute atomic E-state index is 14.4. The molecule has 2 aromatic carbocycles. The number of carbonyl (C=O) groups is 1. The Morgan fingerprint density at radius 3 is 2.59 bits per heavy atom. The number of rotatable bonds is 5. The maximum atomic E-state index is 14.4. The summed E-state index contributed by atoms with van der Waals surface area (Å²) in [6.45, 7) is 2.07. The molecule has 3 aromatic rings. The van der Waals surface area contributed by atoms with Crippen molar-refractivity contribution in [1.82, 2.24) is 14.1 Å². The number of aromatic nitrogens is 2. The summed E-state index contributed by atoms with van der Waals surface area (Å²) in [5, 5.41) is 32.5. The highest BCUT2D eigenvalue weighted by Gasteiger charge is 2.39. The van der Waals surface area contributed by atoms with Crippen molar-refractivity contribution in [3.05, 3.63) is 53.5 Å². The van der Waals surface area contributed by atoms with Crippen LogP contribution in [0.25, 0.3) is 10.9 Å². The first-order valence-electron chi connectivity index (χ1n) is 9.73. The molecule has 2 heterocycles. The van der Waals surface area contributed by atoms with Gasteiger partial charge in [-0.25, -0.2) is 12.8 Å². The summed E-state index contributed by atoms with van der Waals surface area (Å²) >= 11 is 0. The lowest BCUT2D eigenvalue weighted by atomic mass is 10.1. The number of hydrogen-bond acceptors (Lipinski definition) is 6. The highest BCUT2D eigenvalue weighted by atomic mass is 32.2. The first-order chi connectivity index (χ1) is 15.1. The average molecular weight is 458 g/mol. The van der Waals surface area contributed by atoms with E-state index in [0.29, 0.717) is 10.9 Å². The van der Waals surface area contributed by atoms with Crippen LogP contribution in [0.5, 0.6) is 5.75 Å². The molecule has 0 aliphatic carbocycles. The number of fused-ring (bicyclic) bond motifs is 1. The predicted molar refractivity (Wildman–Crippen MR) is 111 cm³/mol. The summed E-state index contributed by atoms with van der Waals surface area (Å²) in [4.78, 5) is 11.3. The number of nitriles is 1. The van der Waals surface area contributed by atoms with Gasteiger partial charge in [-0.2, -0.15) is 14.7 Å². The monoisotopic (exact) mass is 458 g/mol. The first-order valence-corrected chi connectivity index (χ1v) is 11.2. The van der Waals surface area contributed by atoms with Crippen LogP contribution in [0.1, 0.15) is 24.2 Å². The molecule has 2 N–H and O–H groups in total. The van der Waals surface area contributed by atoms with Crippen molar-refractivity contribution < 1.29 is 27.8 Å². The largest absolute Gasteiger partial charge is 0.508 e. The second-order valence-corrected chi connectivity index (χ2v) is 9.72. The van der Waals surface area contributed by atoms with E-state index in [9.17, 15) is 27.8 Å². The quantitative estimate of drug-likeness (QED) is 0.598. The summed E-state index contributed by atoms with van der Waals surface area (Å²) in [6.07, 6.45) is -0.420. The average Bonchev–Trinajstić information content (AvgIpc) is 3.28. The molecular weight excluding hydrogens is 439 g/mol. The minimum Gasteiger partial charge on any atom is -0.508 e. The fraction of sp³-hybridized carbons (Fsp3) is 0.286. The molecule has 0 radical (unpaired) electrons. The van der Waals surface area contributed by atoms with E-state index in [-0.39, 0.29) is 40.9 Å². The lowest BCUT2D eigenvalue weighted by Gasteiger charge is -2.17. The molecule has 1 saturated heterocycles. The topological polar surface area (TPSA) is 137 Å². The standard InChI is InChI=1S/C21H19FN4O5S/c1-12-10-25(32(30,31)15-4-2-14(27)3-5-15)11-20(12)26-19-7-17(22)13(9-23)6-16(19)18(24-26)8-21(28)29/h2-7,12,20,27H,8,10-11H2,1H3,(H,28,29)/t12-,20+/m1/s1. The number of phenols is 1. The molecule has 0 amide bonds. The van der Waals surface area contributed by atoms with Crippen LogP contribution in [0.4, 0.5) is 4.39 Å². The van der Waals surface area contributed by atoms with Gasteiger partial charge in [0.15, 0.2) is 0 Å². The molecule has 1 aromatic heterocycles. The Morgan fingerprint density at radius 2 is 1.97 bits per heavy atom. The number of carboxylic acid groups (broad SMARTS) is 1. The number of hydrogen-bond donors (Lipinski definition) is 2. The van der Waals surface area contributed by atoms with Crippen molar-refractivity contribution in [2.75, 3.05) is 13.1 Å². The van der Waals surface area contributed by atoms with E-state index in [1.807, 2.05) is 6.92 Å². The fourth-order valence-electron chi connectivity index (χ4n) is 4.02. The molecule has 1 aliphatic heterocycles. The van der Waals surface area contributed by atoms with Crippen LogP contribution < -0.4 is 0 Å². The smallest absolute Gasteiger partial charge is 0.309 e. The molecule has 9 nitrogen and oxygen atoms in total. The van der Waals surface area contributed by atoms with Gasteiger partial charge in [0.1, 0.15) is 17.6 Å². The van der Waals surface area contributed by atoms with Crippen molar-refractivity contribution in [3.8, 4) is 11.8 Å². The molecule has 1 aliphatic rings. The van der Waals surface area contributed by atoms with Gasteiger partial charge in [0.2, 0.25) is 10.0 Å². The Balaban J connectivity index is 1.76. The normalized spacial score (nSPS) is 19.3. The molecule has 0 unspecified atom stereocenters. The Labute approximate surface area is 183 Å². The third-order valence-corrected chi connectivity index (χ3v) is 7.48. The van der Waals surface area contributed by atoms with Crippen LogP contribution in [0, 0.1) is 23.1 Å². The summed E-state index contributed by atoms with van der Waals surface area (Å²) in [5.74, 6) is -2.15. The number of aromatic hydroxyl groups is 1. The summed E-state index contributed by atoms with van der Waals surface area (Å²) in [7, 11) is -3.84. The zero-order valence-corrected chi connectivity index (χ0v) is 17.8. The van der Waals surface area contributed by atoms with Crippen LogP contribution in [0.3, 0.4) is 0 Å². The van der Waals surface area contributed by atoms with Gasteiger partial charge in [0.25, 0.3) is 0 Å². The molecule has 4 rings (SSSR count). The van der Waals surface area contributed by atoms with Gasteiger partial charge in [0, 0.05) is 24.5 Å². The van der Waals surface area contributed by atoms with Gasteiger partial charge < -0.3 is 10.2 Å². The number of benzene rings is 2. The van der Waals surface area contributed by atoms with Crippen molar-refractivity contribution in [1.29, 1.82) is 5.26 Å². The summed E-state index contributed by atoms with van der Waals surface area (Å²) < 4.78 is 43.2. The molecule has 0 bridgehead atoms. The van der Waals surface area contributed by atoms with E-state index < -0.39 is 34.3 Å². The molecule has 0 spiro atoms. The van der Waals surface area contributed by atoms with E-state index in [2.05, 4.69) is 5.10 Å². The number of halogens is 1. The molecule has 166 valence electrons. The molecule has 0 saturated carbocycles. The second kappa shape index (κ2) is 7.89. The maximum Gasteiger partial charge on any atom is 0.309 e. The fourth-order valence-corrected chi connectivity index (χ4v) is 5.58. The highest BCUT2D eigenvalue weighted by Crippen LogP contribution is 2.35. The molecule has 32 heavy (non-hydrogen) atoms. The lowest BCUT2D eigenvalue weighted by Crippen LogP contribution is -2.29. The van der Waals surface area contributed by atoms with Crippen LogP contribution in [-0.2, 0) is 21.2 Å². The molecule has 2 atom stereocenters. The lowest BCUT2D eigenvalue weighted by molar-refractivity contribution is -0.136. The third-order valence-electron chi connectivity index (χ3n) is 5.64. The van der Waals surface area contributed by atoms with Gasteiger partial charge in [-0.05, 0) is 36.2 Å². The number of aliphatic carboxylic acids is 1. The van der Waals surface area contributed by atoms with E-state index in [1.165, 1.54) is 39.3 Å². The van der Waals surface area contributed by atoms with E-state index in [0.717, 1.165) is 6.07 Å². The van der Waals surface area contributed by atoms with E-state index >= 15 is 0 Å². The van der Waals surface area contributed by atoms with E-state index in [1.54, 1.807) is 6.07 Å². The van der Waals surface area contributed by atoms with Crippen molar-refractivity contribution in [2.45, 2.75) is 24.3 Å². The Morgan fingerprint density at radius 1 is 1.28 bits per heavy atom. The number of phenolic OH excluding ortho intramolecular Hbond substituents is 1. The highest BCUT2D eigenvalue weighted by molar-refractivity contribution is 7.89.